The normalized spacial score (nSPS) is 12.3. The Labute approximate surface area is 216 Å². The minimum atomic E-state index is 0.295. The van der Waals surface area contributed by atoms with Crippen LogP contribution >= 0.6 is 0 Å². The molecule has 0 spiro atoms. The predicted octanol–water partition coefficient (Wildman–Crippen LogP) is 6.73. The third-order valence-electron chi connectivity index (χ3n) is 7.55. The van der Waals surface area contributed by atoms with Gasteiger partial charge in [-0.3, -0.25) is 0 Å². The van der Waals surface area contributed by atoms with Crippen LogP contribution in [0.3, 0.4) is 0 Å². The minimum absolute atomic E-state index is 0.295. The molecule has 8 rings (SSSR count). The van der Waals surface area contributed by atoms with Crippen molar-refractivity contribution in [1.29, 1.82) is 0 Å². The van der Waals surface area contributed by atoms with E-state index in [1.807, 2.05) is 25.5 Å². The molecule has 0 atom stereocenters. The fraction of sp³-hybridized carbons (Fsp3) is 0.133. The highest BCUT2D eigenvalue weighted by Gasteiger charge is 2.17. The van der Waals surface area contributed by atoms with E-state index in [0.717, 1.165) is 87.9 Å². The van der Waals surface area contributed by atoms with Crippen LogP contribution in [0.1, 0.15) is 31.4 Å². The number of aromatic amines is 2. The van der Waals surface area contributed by atoms with Crippen LogP contribution in [0.5, 0.6) is 0 Å². The Morgan fingerprint density at radius 3 is 1.61 bits per heavy atom. The first kappa shape index (κ1) is 21.1. The zero-order valence-corrected chi connectivity index (χ0v) is 21.0. The number of aromatic nitrogens is 8. The lowest BCUT2D eigenvalue weighted by Gasteiger charge is -2.11. The van der Waals surface area contributed by atoms with Crippen molar-refractivity contribution in [1.82, 2.24) is 40.3 Å². The molecule has 0 unspecified atom stereocenters. The number of hydrogen-bond acceptors (Lipinski definition) is 6. The van der Waals surface area contributed by atoms with Crippen LogP contribution in [0.25, 0.3) is 76.3 Å². The fourth-order valence-electron chi connectivity index (χ4n) is 5.71. The van der Waals surface area contributed by atoms with Gasteiger partial charge in [0.15, 0.2) is 0 Å². The second kappa shape index (κ2) is 7.52. The van der Waals surface area contributed by atoms with Crippen LogP contribution in [0, 0.1) is 6.92 Å². The van der Waals surface area contributed by atoms with Gasteiger partial charge in [-0.1, -0.05) is 38.1 Å². The molecule has 0 aliphatic heterocycles. The maximum absolute atomic E-state index is 4.92. The summed E-state index contributed by atoms with van der Waals surface area (Å²) in [5.41, 5.74) is 6.17. The maximum Gasteiger partial charge on any atom is 0.109 e. The summed E-state index contributed by atoms with van der Waals surface area (Å²) < 4.78 is 0. The third-order valence-corrected chi connectivity index (χ3v) is 7.55. The van der Waals surface area contributed by atoms with E-state index >= 15 is 0 Å². The molecule has 0 aliphatic rings. The Kier molecular flexibility index (Phi) is 4.18. The Balaban J connectivity index is 1.42. The fourth-order valence-corrected chi connectivity index (χ4v) is 5.71. The first-order chi connectivity index (χ1) is 18.6. The van der Waals surface area contributed by atoms with Crippen molar-refractivity contribution in [3.63, 3.8) is 0 Å². The number of aryl methyl sites for hydroxylation is 1. The first-order valence-electron chi connectivity index (χ1n) is 12.7. The number of fused-ring (bicyclic) bond motifs is 12. The summed E-state index contributed by atoms with van der Waals surface area (Å²) in [6.45, 7) is 6.27. The van der Waals surface area contributed by atoms with Gasteiger partial charge in [-0.15, -0.1) is 0 Å². The summed E-state index contributed by atoms with van der Waals surface area (Å²) in [4.78, 5) is 16.7. The number of benzene rings is 4. The van der Waals surface area contributed by atoms with E-state index in [1.165, 1.54) is 0 Å². The number of rotatable bonds is 2. The molecule has 0 bridgehead atoms. The molecule has 0 radical (unpaired) electrons. The van der Waals surface area contributed by atoms with Crippen LogP contribution in [0.15, 0.2) is 61.2 Å². The highest BCUT2D eigenvalue weighted by Crippen LogP contribution is 2.39. The largest absolute Gasteiger partial charge is 0.342 e. The summed E-state index contributed by atoms with van der Waals surface area (Å²) in [7, 11) is 0. The van der Waals surface area contributed by atoms with E-state index in [1.54, 1.807) is 6.20 Å². The van der Waals surface area contributed by atoms with Crippen molar-refractivity contribution in [3.05, 3.63) is 72.8 Å². The van der Waals surface area contributed by atoms with Crippen LogP contribution in [-0.2, 0) is 0 Å². The number of H-pyrrole nitrogens is 2. The van der Waals surface area contributed by atoms with Crippen LogP contribution in [0.2, 0.25) is 0 Å². The molecule has 4 heterocycles. The van der Waals surface area contributed by atoms with E-state index in [9.17, 15) is 0 Å². The summed E-state index contributed by atoms with van der Waals surface area (Å²) in [5.74, 6) is 2.15. The second-order valence-electron chi connectivity index (χ2n) is 10.2. The molecule has 182 valence electrons. The summed E-state index contributed by atoms with van der Waals surface area (Å²) >= 11 is 0. The molecule has 8 aromatic rings. The summed E-state index contributed by atoms with van der Waals surface area (Å²) in [5, 5.41) is 25.3. The average Bonchev–Trinajstić information content (AvgIpc) is 3.58. The van der Waals surface area contributed by atoms with Gasteiger partial charge in [0.1, 0.15) is 11.6 Å². The zero-order valence-electron chi connectivity index (χ0n) is 21.0. The Bertz CT molecular complexity index is 2240. The quantitative estimate of drug-likeness (QED) is 0.258. The van der Waals surface area contributed by atoms with E-state index in [4.69, 9.17) is 9.97 Å². The predicted molar refractivity (Wildman–Crippen MR) is 151 cm³/mol. The van der Waals surface area contributed by atoms with Gasteiger partial charge in [-0.2, -0.15) is 20.4 Å². The van der Waals surface area contributed by atoms with Gasteiger partial charge in [0.2, 0.25) is 0 Å². The first-order valence-corrected chi connectivity index (χ1v) is 12.7. The van der Waals surface area contributed by atoms with Gasteiger partial charge in [0.05, 0.1) is 46.9 Å². The van der Waals surface area contributed by atoms with Gasteiger partial charge >= 0.3 is 0 Å². The number of nitrogens with one attached hydrogen (secondary N) is 2. The van der Waals surface area contributed by atoms with E-state index in [0.29, 0.717) is 5.92 Å². The molecule has 4 aromatic heterocycles. The van der Waals surface area contributed by atoms with Crippen molar-refractivity contribution >= 4 is 65.2 Å². The SMILES string of the molecule is Cc1nc2c3cnncc3c3cc(-c4ccc5c(c4)c4cnncc4c4nc(C(C)C)[nH]c54)ccc3c2[nH]1. The van der Waals surface area contributed by atoms with Crippen molar-refractivity contribution in [2.75, 3.05) is 0 Å². The van der Waals surface area contributed by atoms with Gasteiger partial charge in [-0.25, -0.2) is 9.97 Å². The van der Waals surface area contributed by atoms with E-state index in [2.05, 4.69) is 80.6 Å². The second-order valence-corrected chi connectivity index (χ2v) is 10.2. The van der Waals surface area contributed by atoms with Gasteiger partial charge in [-0.05, 0) is 41.0 Å². The van der Waals surface area contributed by atoms with Crippen molar-refractivity contribution in [3.8, 4) is 11.1 Å². The molecule has 8 nitrogen and oxygen atoms in total. The minimum Gasteiger partial charge on any atom is -0.342 e. The molecule has 8 heteroatoms. The lowest BCUT2D eigenvalue weighted by atomic mass is 9.94. The lowest BCUT2D eigenvalue weighted by molar-refractivity contribution is 0.799. The molecule has 4 aromatic carbocycles. The topological polar surface area (TPSA) is 109 Å². The molecule has 0 fully saturated rings. The molecule has 0 amide bonds. The van der Waals surface area contributed by atoms with Crippen LogP contribution < -0.4 is 0 Å². The maximum atomic E-state index is 4.92. The molecule has 0 saturated carbocycles. The Morgan fingerprint density at radius 2 is 1.05 bits per heavy atom. The number of imidazole rings is 2. The van der Waals surface area contributed by atoms with E-state index < -0.39 is 0 Å². The van der Waals surface area contributed by atoms with Crippen LogP contribution in [-0.4, -0.2) is 40.3 Å². The highest BCUT2D eigenvalue weighted by molar-refractivity contribution is 6.25. The Hall–Kier alpha value is -4.98. The molecule has 2 N–H and O–H groups in total. The monoisotopic (exact) mass is 494 g/mol. The summed E-state index contributed by atoms with van der Waals surface area (Å²) in [6, 6.07) is 13.2. The molecular weight excluding hydrogens is 472 g/mol. The molecule has 38 heavy (non-hydrogen) atoms. The Morgan fingerprint density at radius 1 is 0.553 bits per heavy atom. The highest BCUT2D eigenvalue weighted by atomic mass is 15.1. The number of nitrogens with zero attached hydrogens (tertiary/aromatic N) is 6. The standard InChI is InChI=1S/C30H22N8/c1-14(2)30-37-27-19-7-5-17(9-21(19)23-11-32-34-13-25(23)29(27)38-30)16-4-6-18-20(8-16)22-10-31-33-12-24(22)28-26(18)35-15(3)36-28/h4-14H,1-3H3,(H,35,36)(H,37,38). The average molecular weight is 495 g/mol. The molecule has 0 aliphatic carbocycles. The zero-order chi connectivity index (χ0) is 25.5. The molecule has 0 saturated heterocycles. The van der Waals surface area contributed by atoms with Crippen molar-refractivity contribution in [2.45, 2.75) is 26.7 Å². The van der Waals surface area contributed by atoms with Crippen molar-refractivity contribution in [2.24, 2.45) is 0 Å². The van der Waals surface area contributed by atoms with Gasteiger partial charge in [0.25, 0.3) is 0 Å². The van der Waals surface area contributed by atoms with Gasteiger partial charge in [0, 0.05) is 38.2 Å². The van der Waals surface area contributed by atoms with Gasteiger partial charge < -0.3 is 9.97 Å². The summed E-state index contributed by atoms with van der Waals surface area (Å²) in [6.07, 6.45) is 7.29. The smallest absolute Gasteiger partial charge is 0.109 e. The van der Waals surface area contributed by atoms with Crippen molar-refractivity contribution < 1.29 is 0 Å². The molecular formula is C30H22N8. The third kappa shape index (κ3) is 2.85. The van der Waals surface area contributed by atoms with Crippen LogP contribution in [0.4, 0.5) is 0 Å². The lowest BCUT2D eigenvalue weighted by Crippen LogP contribution is -1.89. The van der Waals surface area contributed by atoms with E-state index in [-0.39, 0.29) is 0 Å². The number of hydrogen-bond donors (Lipinski definition) is 2.